The lowest BCUT2D eigenvalue weighted by molar-refractivity contribution is -0.142. The Hall–Kier alpha value is -1.66. The first-order chi connectivity index (χ1) is 11.0. The van der Waals surface area contributed by atoms with Crippen LogP contribution in [0.1, 0.15) is 29.8 Å². The van der Waals surface area contributed by atoms with Crippen molar-refractivity contribution in [1.29, 1.82) is 0 Å². The van der Waals surface area contributed by atoms with E-state index in [9.17, 15) is 14.7 Å². The fourth-order valence-corrected chi connectivity index (χ4v) is 3.72. The number of amides is 1. The second-order valence-electron chi connectivity index (χ2n) is 5.31. The molecular weight excluding hydrogens is 378 g/mol. The third-order valence-electron chi connectivity index (χ3n) is 3.58. The monoisotopic (exact) mass is 395 g/mol. The number of halogens is 1. The van der Waals surface area contributed by atoms with Crippen molar-refractivity contribution in [3.05, 3.63) is 56.7 Å². The van der Waals surface area contributed by atoms with Crippen molar-refractivity contribution in [2.75, 3.05) is 0 Å². The van der Waals surface area contributed by atoms with E-state index in [0.717, 1.165) is 14.9 Å². The highest BCUT2D eigenvalue weighted by Gasteiger charge is 2.26. The lowest BCUT2D eigenvalue weighted by Gasteiger charge is -2.23. The Morgan fingerprint density at radius 3 is 2.57 bits per heavy atom. The summed E-state index contributed by atoms with van der Waals surface area (Å²) in [6.45, 7) is 1.61. The highest BCUT2D eigenvalue weighted by atomic mass is 79.9. The van der Waals surface area contributed by atoms with Gasteiger partial charge in [0.1, 0.15) is 0 Å². The summed E-state index contributed by atoms with van der Waals surface area (Å²) >= 11 is 4.99. The summed E-state index contributed by atoms with van der Waals surface area (Å²) in [4.78, 5) is 24.7. The van der Waals surface area contributed by atoms with Gasteiger partial charge in [-0.25, -0.2) is 0 Å². The van der Waals surface area contributed by atoms with E-state index in [1.807, 2.05) is 41.8 Å². The van der Waals surface area contributed by atoms with E-state index >= 15 is 0 Å². The van der Waals surface area contributed by atoms with E-state index in [1.54, 1.807) is 18.3 Å². The Labute approximate surface area is 147 Å². The number of rotatable bonds is 7. The first kappa shape index (κ1) is 17.7. The van der Waals surface area contributed by atoms with Crippen LogP contribution in [0.2, 0.25) is 0 Å². The lowest BCUT2D eigenvalue weighted by atomic mass is 9.94. The molecule has 0 aliphatic rings. The van der Waals surface area contributed by atoms with Gasteiger partial charge in [-0.15, -0.1) is 11.3 Å². The summed E-state index contributed by atoms with van der Waals surface area (Å²) in [6.07, 6.45) is 0.980. The van der Waals surface area contributed by atoms with E-state index in [-0.39, 0.29) is 5.91 Å². The van der Waals surface area contributed by atoms with Gasteiger partial charge in [0.15, 0.2) is 0 Å². The number of hydrogen-bond acceptors (Lipinski definition) is 3. The third-order valence-corrected chi connectivity index (χ3v) is 5.34. The van der Waals surface area contributed by atoms with Crippen molar-refractivity contribution in [3.8, 4) is 0 Å². The van der Waals surface area contributed by atoms with Gasteiger partial charge in [0.2, 0.25) is 5.91 Å². The zero-order valence-corrected chi connectivity index (χ0v) is 15.1. The summed E-state index contributed by atoms with van der Waals surface area (Å²) in [6, 6.07) is 10.7. The summed E-state index contributed by atoms with van der Waals surface area (Å²) in [7, 11) is 0. The smallest absolute Gasteiger partial charge is 0.308 e. The number of thiophene rings is 1. The molecule has 6 heteroatoms. The molecule has 122 valence electrons. The van der Waals surface area contributed by atoms with Crippen LogP contribution in [-0.4, -0.2) is 17.0 Å². The van der Waals surface area contributed by atoms with Gasteiger partial charge in [-0.1, -0.05) is 30.3 Å². The Kier molecular flexibility index (Phi) is 6.36. The molecule has 1 heterocycles. The normalized spacial score (nSPS) is 13.3. The molecule has 2 N–H and O–H groups in total. The Balaban J connectivity index is 2.02. The van der Waals surface area contributed by atoms with Crippen molar-refractivity contribution in [3.63, 3.8) is 0 Å². The van der Waals surface area contributed by atoms with Crippen LogP contribution in [0.15, 0.2) is 46.3 Å². The average Bonchev–Trinajstić information content (AvgIpc) is 2.96. The first-order valence-electron chi connectivity index (χ1n) is 7.27. The molecule has 0 aliphatic carbocycles. The standard InChI is InChI=1S/C17H18BrNO3S/c1-11(17(21)22)16(12-5-3-2-4-6-12)19-15(20)8-7-14-9-13(18)10-23-14/h2-6,9-11,16H,7-8H2,1H3,(H,19,20)(H,21,22). The first-order valence-corrected chi connectivity index (χ1v) is 8.94. The summed E-state index contributed by atoms with van der Waals surface area (Å²) in [5.41, 5.74) is 0.801. The van der Waals surface area contributed by atoms with Crippen LogP contribution in [0.3, 0.4) is 0 Å². The van der Waals surface area contributed by atoms with Crippen LogP contribution < -0.4 is 5.32 Å². The molecule has 0 aliphatic heterocycles. The number of nitrogens with one attached hydrogen (secondary N) is 1. The number of benzene rings is 1. The van der Waals surface area contributed by atoms with E-state index in [4.69, 9.17) is 0 Å². The number of aliphatic carboxylic acids is 1. The number of carboxylic acids is 1. The number of carbonyl (C=O) groups is 2. The van der Waals surface area contributed by atoms with Crippen LogP contribution in [0.4, 0.5) is 0 Å². The van der Waals surface area contributed by atoms with Crippen LogP contribution in [0.5, 0.6) is 0 Å². The fourth-order valence-electron chi connectivity index (χ4n) is 2.27. The van der Waals surface area contributed by atoms with Gasteiger partial charge in [0, 0.05) is 21.2 Å². The molecule has 1 aromatic heterocycles. The van der Waals surface area contributed by atoms with Gasteiger partial charge in [-0.05, 0) is 40.9 Å². The minimum Gasteiger partial charge on any atom is -0.481 e. The van der Waals surface area contributed by atoms with E-state index in [0.29, 0.717) is 12.8 Å². The summed E-state index contributed by atoms with van der Waals surface area (Å²) in [5.74, 6) is -1.77. The molecule has 2 unspecified atom stereocenters. The fraction of sp³-hybridized carbons (Fsp3) is 0.294. The maximum absolute atomic E-state index is 12.2. The zero-order chi connectivity index (χ0) is 16.8. The molecule has 2 atom stereocenters. The number of carbonyl (C=O) groups excluding carboxylic acids is 1. The van der Waals surface area contributed by atoms with Gasteiger partial charge in [-0.3, -0.25) is 9.59 Å². The average molecular weight is 396 g/mol. The second-order valence-corrected chi connectivity index (χ2v) is 7.23. The molecule has 2 rings (SSSR count). The Morgan fingerprint density at radius 2 is 2.00 bits per heavy atom. The molecule has 1 aromatic carbocycles. The van der Waals surface area contributed by atoms with E-state index in [2.05, 4.69) is 21.2 Å². The molecule has 0 saturated carbocycles. The molecule has 23 heavy (non-hydrogen) atoms. The Morgan fingerprint density at radius 1 is 1.30 bits per heavy atom. The molecule has 2 aromatic rings. The SMILES string of the molecule is CC(C(=O)O)C(NC(=O)CCc1cc(Br)cs1)c1ccccc1. The quantitative estimate of drug-likeness (QED) is 0.743. The van der Waals surface area contributed by atoms with Crippen LogP contribution in [-0.2, 0) is 16.0 Å². The van der Waals surface area contributed by atoms with Gasteiger partial charge in [0.05, 0.1) is 12.0 Å². The predicted octanol–water partition coefficient (Wildman–Crippen LogP) is 4.02. The molecule has 0 fully saturated rings. The van der Waals surface area contributed by atoms with Crippen molar-refractivity contribution < 1.29 is 14.7 Å². The van der Waals surface area contributed by atoms with Gasteiger partial charge < -0.3 is 10.4 Å². The Bertz CT molecular complexity index is 671. The molecule has 4 nitrogen and oxygen atoms in total. The minimum atomic E-state index is -0.929. The highest BCUT2D eigenvalue weighted by molar-refractivity contribution is 9.10. The zero-order valence-electron chi connectivity index (χ0n) is 12.7. The molecule has 0 radical (unpaired) electrons. The van der Waals surface area contributed by atoms with Crippen molar-refractivity contribution in [2.24, 2.45) is 5.92 Å². The second kappa shape index (κ2) is 8.26. The maximum atomic E-state index is 12.2. The van der Waals surface area contributed by atoms with E-state index < -0.39 is 17.9 Å². The summed E-state index contributed by atoms with van der Waals surface area (Å²) < 4.78 is 1.01. The van der Waals surface area contributed by atoms with Crippen molar-refractivity contribution in [2.45, 2.75) is 25.8 Å². The van der Waals surface area contributed by atoms with E-state index in [1.165, 1.54) is 0 Å². The molecule has 0 bridgehead atoms. The van der Waals surface area contributed by atoms with Crippen LogP contribution in [0.25, 0.3) is 0 Å². The van der Waals surface area contributed by atoms with Gasteiger partial charge in [-0.2, -0.15) is 0 Å². The molecule has 0 saturated heterocycles. The largest absolute Gasteiger partial charge is 0.481 e. The molecule has 1 amide bonds. The summed E-state index contributed by atoms with van der Waals surface area (Å²) in [5, 5.41) is 14.1. The minimum absolute atomic E-state index is 0.142. The van der Waals surface area contributed by atoms with Crippen LogP contribution >= 0.6 is 27.3 Å². The topological polar surface area (TPSA) is 66.4 Å². The highest BCUT2D eigenvalue weighted by Crippen LogP contribution is 2.23. The van der Waals surface area contributed by atoms with Gasteiger partial charge >= 0.3 is 5.97 Å². The van der Waals surface area contributed by atoms with Gasteiger partial charge in [0.25, 0.3) is 0 Å². The molecule has 0 spiro atoms. The lowest BCUT2D eigenvalue weighted by Crippen LogP contribution is -2.35. The van der Waals surface area contributed by atoms with Crippen molar-refractivity contribution >= 4 is 39.1 Å². The third kappa shape index (κ3) is 5.18. The molecular formula is C17H18BrNO3S. The number of hydrogen-bond donors (Lipinski definition) is 2. The number of carboxylic acid groups (broad SMARTS) is 1. The van der Waals surface area contributed by atoms with Crippen molar-refractivity contribution in [1.82, 2.24) is 5.32 Å². The predicted molar refractivity (Wildman–Crippen MR) is 94.5 cm³/mol. The maximum Gasteiger partial charge on any atom is 0.308 e. The number of aryl methyl sites for hydroxylation is 1. The van der Waals surface area contributed by atoms with Crippen LogP contribution in [0, 0.1) is 5.92 Å².